The van der Waals surface area contributed by atoms with Crippen LogP contribution in [-0.4, -0.2) is 31.6 Å². The zero-order valence-electron chi connectivity index (χ0n) is 13.1. The van der Waals surface area contributed by atoms with Crippen molar-refractivity contribution in [3.63, 3.8) is 0 Å². The molecule has 1 aromatic rings. The van der Waals surface area contributed by atoms with E-state index < -0.39 is 35.6 Å². The SMILES string of the molecule is CNC(=O)NC(=O)CN[C@H](C)[C@@H](C)c1ccccc1C(F)(F)F. The van der Waals surface area contributed by atoms with Crippen LogP contribution in [0.25, 0.3) is 0 Å². The molecule has 0 radical (unpaired) electrons. The van der Waals surface area contributed by atoms with Crippen molar-refractivity contribution in [1.82, 2.24) is 16.0 Å². The molecule has 8 heteroatoms. The van der Waals surface area contributed by atoms with Crippen molar-refractivity contribution in [1.29, 1.82) is 0 Å². The summed E-state index contributed by atoms with van der Waals surface area (Å²) in [5.41, 5.74) is -0.525. The van der Waals surface area contributed by atoms with Crippen molar-refractivity contribution < 1.29 is 22.8 Å². The number of nitrogens with one attached hydrogen (secondary N) is 3. The van der Waals surface area contributed by atoms with Gasteiger partial charge in [0.05, 0.1) is 12.1 Å². The number of alkyl halides is 3. The van der Waals surface area contributed by atoms with E-state index in [0.29, 0.717) is 0 Å². The van der Waals surface area contributed by atoms with Gasteiger partial charge in [-0.05, 0) is 24.5 Å². The van der Waals surface area contributed by atoms with Gasteiger partial charge >= 0.3 is 12.2 Å². The first-order chi connectivity index (χ1) is 10.7. The Morgan fingerprint density at radius 1 is 1.17 bits per heavy atom. The van der Waals surface area contributed by atoms with Gasteiger partial charge in [-0.25, -0.2) is 4.79 Å². The molecule has 0 spiro atoms. The van der Waals surface area contributed by atoms with Crippen LogP contribution in [0.1, 0.15) is 30.9 Å². The highest BCUT2D eigenvalue weighted by Crippen LogP contribution is 2.35. The number of hydrogen-bond donors (Lipinski definition) is 3. The van der Waals surface area contributed by atoms with Gasteiger partial charge in [0.15, 0.2) is 0 Å². The number of imide groups is 1. The fraction of sp³-hybridized carbons (Fsp3) is 0.467. The van der Waals surface area contributed by atoms with E-state index in [1.807, 2.05) is 0 Å². The van der Waals surface area contributed by atoms with E-state index >= 15 is 0 Å². The molecule has 0 fully saturated rings. The maximum atomic E-state index is 13.0. The fourth-order valence-electron chi connectivity index (χ4n) is 2.09. The molecule has 0 aliphatic carbocycles. The summed E-state index contributed by atoms with van der Waals surface area (Å²) in [6.45, 7) is 3.16. The fourth-order valence-corrected chi connectivity index (χ4v) is 2.09. The molecule has 2 atom stereocenters. The van der Waals surface area contributed by atoms with Crippen LogP contribution in [0.15, 0.2) is 24.3 Å². The van der Waals surface area contributed by atoms with Gasteiger partial charge in [-0.1, -0.05) is 25.1 Å². The van der Waals surface area contributed by atoms with Crippen molar-refractivity contribution in [2.75, 3.05) is 13.6 Å². The van der Waals surface area contributed by atoms with Crippen LogP contribution < -0.4 is 16.0 Å². The second-order valence-electron chi connectivity index (χ2n) is 5.17. The highest BCUT2D eigenvalue weighted by atomic mass is 19.4. The largest absolute Gasteiger partial charge is 0.416 e. The highest BCUT2D eigenvalue weighted by molar-refractivity contribution is 5.95. The Morgan fingerprint density at radius 2 is 1.78 bits per heavy atom. The van der Waals surface area contributed by atoms with Crippen LogP contribution >= 0.6 is 0 Å². The van der Waals surface area contributed by atoms with E-state index in [2.05, 4.69) is 16.0 Å². The molecule has 3 amide bonds. The Kier molecular flexibility index (Phi) is 6.56. The molecule has 5 nitrogen and oxygen atoms in total. The number of benzene rings is 1. The predicted molar refractivity (Wildman–Crippen MR) is 79.9 cm³/mol. The number of amides is 3. The number of rotatable bonds is 5. The maximum Gasteiger partial charge on any atom is 0.416 e. The summed E-state index contributed by atoms with van der Waals surface area (Å²) in [7, 11) is 1.37. The van der Waals surface area contributed by atoms with E-state index in [1.165, 1.54) is 19.2 Å². The first-order valence-electron chi connectivity index (χ1n) is 7.08. The molecule has 0 aliphatic rings. The molecule has 128 valence electrons. The third-order valence-electron chi connectivity index (χ3n) is 3.57. The van der Waals surface area contributed by atoms with E-state index in [9.17, 15) is 22.8 Å². The van der Waals surface area contributed by atoms with Gasteiger partial charge < -0.3 is 10.6 Å². The monoisotopic (exact) mass is 331 g/mol. The summed E-state index contributed by atoms with van der Waals surface area (Å²) < 4.78 is 39.1. The van der Waals surface area contributed by atoms with Crippen LogP contribution in [-0.2, 0) is 11.0 Å². The zero-order valence-corrected chi connectivity index (χ0v) is 13.1. The van der Waals surface area contributed by atoms with E-state index in [4.69, 9.17) is 0 Å². The second kappa shape index (κ2) is 7.96. The molecule has 0 saturated heterocycles. The van der Waals surface area contributed by atoms with Crippen LogP contribution in [0.3, 0.4) is 0 Å². The quantitative estimate of drug-likeness (QED) is 0.775. The van der Waals surface area contributed by atoms with E-state index in [1.54, 1.807) is 19.9 Å². The Hall–Kier alpha value is -2.09. The minimum Gasteiger partial charge on any atom is -0.341 e. The molecular formula is C15H20F3N3O2. The molecule has 1 rings (SSSR count). The van der Waals surface area contributed by atoms with E-state index in [0.717, 1.165) is 6.07 Å². The molecule has 0 aromatic heterocycles. The first-order valence-corrected chi connectivity index (χ1v) is 7.08. The second-order valence-corrected chi connectivity index (χ2v) is 5.17. The lowest BCUT2D eigenvalue weighted by Gasteiger charge is -2.24. The smallest absolute Gasteiger partial charge is 0.341 e. The Balaban J connectivity index is 2.73. The van der Waals surface area contributed by atoms with Crippen molar-refractivity contribution in [3.8, 4) is 0 Å². The topological polar surface area (TPSA) is 70.2 Å². The van der Waals surface area contributed by atoms with Gasteiger partial charge in [0.1, 0.15) is 0 Å². The maximum absolute atomic E-state index is 13.0. The first kappa shape index (κ1) is 19.0. The third-order valence-corrected chi connectivity index (χ3v) is 3.57. The Labute approximate surface area is 132 Å². The van der Waals surface area contributed by atoms with Crippen molar-refractivity contribution in [2.24, 2.45) is 0 Å². The summed E-state index contributed by atoms with van der Waals surface area (Å²) in [5.74, 6) is -1.03. The summed E-state index contributed by atoms with van der Waals surface area (Å²) in [4.78, 5) is 22.5. The molecule has 0 saturated carbocycles. The highest BCUT2D eigenvalue weighted by Gasteiger charge is 2.34. The van der Waals surface area contributed by atoms with Crippen molar-refractivity contribution in [3.05, 3.63) is 35.4 Å². The molecule has 0 aliphatic heterocycles. The number of carbonyl (C=O) groups is 2. The van der Waals surface area contributed by atoms with E-state index in [-0.39, 0.29) is 12.1 Å². The van der Waals surface area contributed by atoms with Crippen LogP contribution in [0.4, 0.5) is 18.0 Å². The van der Waals surface area contributed by atoms with Crippen LogP contribution in [0.5, 0.6) is 0 Å². The van der Waals surface area contributed by atoms with Crippen molar-refractivity contribution >= 4 is 11.9 Å². The predicted octanol–water partition coefficient (Wildman–Crippen LogP) is 2.24. The lowest BCUT2D eigenvalue weighted by atomic mass is 9.90. The van der Waals surface area contributed by atoms with Crippen molar-refractivity contribution in [2.45, 2.75) is 32.0 Å². The van der Waals surface area contributed by atoms with Gasteiger partial charge in [0.2, 0.25) is 5.91 Å². The molecule has 23 heavy (non-hydrogen) atoms. The third kappa shape index (κ3) is 5.55. The lowest BCUT2D eigenvalue weighted by molar-refractivity contribution is -0.138. The molecule has 0 heterocycles. The summed E-state index contributed by atoms with van der Waals surface area (Å²) in [5, 5.41) is 7.13. The number of halogens is 3. The summed E-state index contributed by atoms with van der Waals surface area (Å²) >= 11 is 0. The standard InChI is InChI=1S/C15H20F3N3O2/c1-9(10(2)20-8-13(22)21-14(23)19-3)11-6-4-5-7-12(11)15(16,17)18/h4-7,9-10,20H,8H2,1-3H3,(H2,19,21,22,23)/t9-,10-/m1/s1. The number of urea groups is 1. The van der Waals surface area contributed by atoms with Crippen LogP contribution in [0.2, 0.25) is 0 Å². The summed E-state index contributed by atoms with van der Waals surface area (Å²) in [6.07, 6.45) is -4.43. The lowest BCUT2D eigenvalue weighted by Crippen LogP contribution is -2.44. The van der Waals surface area contributed by atoms with Gasteiger partial charge in [0.25, 0.3) is 0 Å². The molecular weight excluding hydrogens is 311 g/mol. The molecule has 3 N–H and O–H groups in total. The number of hydrogen-bond acceptors (Lipinski definition) is 3. The van der Waals surface area contributed by atoms with Crippen LogP contribution in [0, 0.1) is 0 Å². The Morgan fingerprint density at radius 3 is 2.35 bits per heavy atom. The average molecular weight is 331 g/mol. The van der Waals surface area contributed by atoms with Gasteiger partial charge in [-0.15, -0.1) is 0 Å². The minimum absolute atomic E-state index is 0.159. The zero-order chi connectivity index (χ0) is 17.6. The normalized spacial score (nSPS) is 14.0. The molecule has 0 unspecified atom stereocenters. The summed E-state index contributed by atoms with van der Waals surface area (Å²) in [6, 6.07) is 4.32. The van der Waals surface area contributed by atoms with Gasteiger partial charge in [0, 0.05) is 13.1 Å². The average Bonchev–Trinajstić information content (AvgIpc) is 2.50. The molecule has 0 bridgehead atoms. The Bertz CT molecular complexity index is 561. The molecule has 1 aromatic carbocycles. The number of carbonyl (C=O) groups excluding carboxylic acids is 2. The minimum atomic E-state index is -4.43. The van der Waals surface area contributed by atoms with Gasteiger partial charge in [-0.3, -0.25) is 10.1 Å². The van der Waals surface area contributed by atoms with Gasteiger partial charge in [-0.2, -0.15) is 13.2 Å².